The highest BCUT2D eigenvalue weighted by Gasteiger charge is 2.12. The Morgan fingerprint density at radius 3 is 2.45 bits per heavy atom. The molecule has 0 saturated carbocycles. The molecule has 0 aliphatic rings. The first-order valence-electron chi connectivity index (χ1n) is 6.25. The topological polar surface area (TPSA) is 61.8 Å². The van der Waals surface area contributed by atoms with E-state index >= 15 is 0 Å². The summed E-state index contributed by atoms with van der Waals surface area (Å²) >= 11 is 0. The molecule has 102 valence electrons. The van der Waals surface area contributed by atoms with Crippen LogP contribution in [-0.4, -0.2) is 18.9 Å². The number of fused-ring (bicyclic) bond motifs is 1. The lowest BCUT2D eigenvalue weighted by atomic mass is 10.2. The van der Waals surface area contributed by atoms with Crippen molar-refractivity contribution in [3.8, 4) is 0 Å². The normalized spacial score (nSPS) is 11.1. The minimum absolute atomic E-state index is 0.317. The minimum atomic E-state index is -0.368. The molecule has 0 aliphatic carbocycles. The van der Waals surface area contributed by atoms with Gasteiger partial charge in [0.05, 0.1) is 6.54 Å². The second kappa shape index (κ2) is 4.48. The van der Waals surface area contributed by atoms with Gasteiger partial charge in [-0.15, -0.1) is 0 Å². The summed E-state index contributed by atoms with van der Waals surface area (Å²) in [4.78, 5) is 23.9. The highest BCUT2D eigenvalue weighted by Crippen LogP contribution is 2.07. The summed E-state index contributed by atoms with van der Waals surface area (Å²) in [7, 11) is 3.09. The average molecular weight is 270 g/mol. The van der Waals surface area contributed by atoms with Crippen LogP contribution in [-0.2, 0) is 20.6 Å². The van der Waals surface area contributed by atoms with Crippen molar-refractivity contribution < 1.29 is 0 Å². The Hall–Kier alpha value is -2.63. The van der Waals surface area contributed by atoms with Crippen LogP contribution in [0.4, 0.5) is 0 Å². The molecule has 2 aromatic heterocycles. The maximum absolute atomic E-state index is 12.1. The van der Waals surface area contributed by atoms with Crippen molar-refractivity contribution in [2.75, 3.05) is 0 Å². The maximum atomic E-state index is 12.1. The fourth-order valence-electron chi connectivity index (χ4n) is 2.24. The van der Waals surface area contributed by atoms with Gasteiger partial charge in [-0.05, 0) is 5.56 Å². The summed E-state index contributed by atoms with van der Waals surface area (Å²) in [6.45, 7) is 0.562. The predicted octanol–water partition coefficient (Wildman–Crippen LogP) is 0.482. The van der Waals surface area contributed by atoms with Crippen molar-refractivity contribution in [1.82, 2.24) is 18.9 Å². The molecule has 6 nitrogen and oxygen atoms in total. The molecular formula is C14H14N4O2. The first-order valence-corrected chi connectivity index (χ1v) is 6.25. The Kier molecular flexibility index (Phi) is 2.78. The van der Waals surface area contributed by atoms with E-state index < -0.39 is 0 Å². The van der Waals surface area contributed by atoms with E-state index in [0.29, 0.717) is 17.6 Å². The molecule has 1 aromatic carbocycles. The fourth-order valence-corrected chi connectivity index (χ4v) is 2.24. The van der Waals surface area contributed by atoms with Crippen molar-refractivity contribution in [2.24, 2.45) is 14.1 Å². The van der Waals surface area contributed by atoms with Gasteiger partial charge < -0.3 is 0 Å². The van der Waals surface area contributed by atoms with E-state index in [4.69, 9.17) is 0 Å². The molecule has 6 heteroatoms. The zero-order valence-electron chi connectivity index (χ0n) is 11.3. The molecular weight excluding hydrogens is 256 g/mol. The van der Waals surface area contributed by atoms with Crippen molar-refractivity contribution in [3.63, 3.8) is 0 Å². The molecule has 0 saturated heterocycles. The summed E-state index contributed by atoms with van der Waals surface area (Å²) in [5, 5.41) is 4.79. The molecule has 0 atom stereocenters. The van der Waals surface area contributed by atoms with Gasteiger partial charge in [0.15, 0.2) is 5.65 Å². The van der Waals surface area contributed by atoms with E-state index in [-0.39, 0.29) is 11.2 Å². The van der Waals surface area contributed by atoms with Crippen LogP contribution in [0.3, 0.4) is 0 Å². The Balaban J connectivity index is 2.17. The lowest BCUT2D eigenvalue weighted by Gasteiger charge is -2.01. The lowest BCUT2D eigenvalue weighted by Crippen LogP contribution is -2.36. The molecule has 3 aromatic rings. The lowest BCUT2D eigenvalue weighted by molar-refractivity contribution is 0.673. The first-order chi connectivity index (χ1) is 9.58. The Morgan fingerprint density at radius 2 is 1.75 bits per heavy atom. The fraction of sp³-hybridized carbons (Fsp3) is 0.214. The van der Waals surface area contributed by atoms with Gasteiger partial charge in [-0.1, -0.05) is 30.3 Å². The summed E-state index contributed by atoms with van der Waals surface area (Å²) in [5.74, 6) is 0. The van der Waals surface area contributed by atoms with Gasteiger partial charge >= 0.3 is 5.69 Å². The number of hydrogen-bond acceptors (Lipinski definition) is 3. The summed E-state index contributed by atoms with van der Waals surface area (Å²) < 4.78 is 4.16. The molecule has 0 N–H and O–H groups in total. The van der Waals surface area contributed by atoms with Gasteiger partial charge in [-0.2, -0.15) is 5.10 Å². The largest absolute Gasteiger partial charge is 0.332 e. The molecule has 2 heterocycles. The van der Waals surface area contributed by atoms with E-state index in [1.807, 2.05) is 30.3 Å². The average Bonchev–Trinajstić information content (AvgIpc) is 2.88. The van der Waals surface area contributed by atoms with Crippen LogP contribution in [0.2, 0.25) is 0 Å². The van der Waals surface area contributed by atoms with Crippen molar-refractivity contribution in [2.45, 2.75) is 6.54 Å². The second-order valence-electron chi connectivity index (χ2n) is 4.76. The van der Waals surface area contributed by atoms with Crippen LogP contribution in [0.25, 0.3) is 11.0 Å². The zero-order chi connectivity index (χ0) is 14.3. The Bertz CT molecular complexity index is 887. The van der Waals surface area contributed by atoms with Crippen LogP contribution in [0.15, 0.2) is 46.1 Å². The maximum Gasteiger partial charge on any atom is 0.332 e. The van der Waals surface area contributed by atoms with E-state index in [2.05, 4.69) is 5.10 Å². The monoisotopic (exact) mass is 270 g/mol. The number of nitrogens with zero attached hydrogens (tertiary/aromatic N) is 4. The molecule has 0 amide bonds. The number of hydrogen-bond donors (Lipinski definition) is 0. The molecule has 20 heavy (non-hydrogen) atoms. The van der Waals surface area contributed by atoms with Crippen LogP contribution in [0, 0.1) is 0 Å². The van der Waals surface area contributed by atoms with Gasteiger partial charge in [0, 0.05) is 20.3 Å². The van der Waals surface area contributed by atoms with E-state index in [1.54, 1.807) is 17.9 Å². The second-order valence-corrected chi connectivity index (χ2v) is 4.76. The highest BCUT2D eigenvalue weighted by molar-refractivity contribution is 5.73. The third-order valence-electron chi connectivity index (χ3n) is 3.36. The van der Waals surface area contributed by atoms with Gasteiger partial charge in [0.25, 0.3) is 5.56 Å². The van der Waals surface area contributed by atoms with Gasteiger partial charge in [-0.25, -0.2) is 4.79 Å². The van der Waals surface area contributed by atoms with E-state index in [1.165, 1.54) is 11.6 Å². The molecule has 3 rings (SSSR count). The third kappa shape index (κ3) is 1.85. The predicted molar refractivity (Wildman–Crippen MR) is 75.8 cm³/mol. The number of rotatable bonds is 2. The summed E-state index contributed by atoms with van der Waals surface area (Å²) in [5.41, 5.74) is 0.811. The highest BCUT2D eigenvalue weighted by atomic mass is 16.2. The van der Waals surface area contributed by atoms with Crippen LogP contribution in [0.1, 0.15) is 5.56 Å². The zero-order valence-corrected chi connectivity index (χ0v) is 11.3. The van der Waals surface area contributed by atoms with Crippen molar-refractivity contribution in [1.29, 1.82) is 0 Å². The van der Waals surface area contributed by atoms with Crippen LogP contribution in [0.5, 0.6) is 0 Å². The number of benzene rings is 1. The Morgan fingerprint density at radius 1 is 1.05 bits per heavy atom. The molecule has 0 fully saturated rings. The first kappa shape index (κ1) is 12.4. The van der Waals surface area contributed by atoms with E-state index in [9.17, 15) is 9.59 Å². The molecule has 0 radical (unpaired) electrons. The smallest absolute Gasteiger partial charge is 0.279 e. The van der Waals surface area contributed by atoms with Gasteiger partial charge in [-0.3, -0.25) is 18.6 Å². The number of aromatic nitrogens is 4. The van der Waals surface area contributed by atoms with Gasteiger partial charge in [0.2, 0.25) is 0 Å². The van der Waals surface area contributed by atoms with Crippen molar-refractivity contribution in [3.05, 3.63) is 62.9 Å². The standard InChI is InChI=1S/C14H14N4O2/c1-16-12-11(13(19)17(2)14(16)20)9-18(15-12)8-10-6-4-3-5-7-10/h3-7,9H,8H2,1-2H3. The molecule has 0 unspecified atom stereocenters. The Labute approximate surface area is 114 Å². The van der Waals surface area contributed by atoms with Crippen molar-refractivity contribution >= 4 is 11.0 Å². The minimum Gasteiger partial charge on any atom is -0.279 e. The summed E-state index contributed by atoms with van der Waals surface area (Å²) in [6, 6.07) is 9.83. The molecule has 0 aliphatic heterocycles. The van der Waals surface area contributed by atoms with Crippen LogP contribution >= 0.6 is 0 Å². The van der Waals surface area contributed by atoms with Gasteiger partial charge in [0.1, 0.15) is 5.39 Å². The summed E-state index contributed by atoms with van der Waals surface area (Å²) in [6.07, 6.45) is 1.68. The molecule has 0 bridgehead atoms. The SMILES string of the molecule is Cn1c(=O)c2cn(Cc3ccccc3)nc2n(C)c1=O. The molecule has 0 spiro atoms. The van der Waals surface area contributed by atoms with Crippen LogP contribution < -0.4 is 11.2 Å². The van der Waals surface area contributed by atoms with E-state index in [0.717, 1.165) is 10.1 Å². The quantitative estimate of drug-likeness (QED) is 0.680. The third-order valence-corrected chi connectivity index (χ3v) is 3.36. The number of aryl methyl sites for hydroxylation is 1.